The van der Waals surface area contributed by atoms with E-state index >= 15 is 0 Å². The van der Waals surface area contributed by atoms with Crippen LogP contribution in [0.2, 0.25) is 0 Å². The number of hydrogen-bond acceptors (Lipinski definition) is 3. The molecule has 4 nitrogen and oxygen atoms in total. The first-order valence-corrected chi connectivity index (χ1v) is 5.81. The Bertz CT molecular complexity index is 682. The third-order valence-corrected chi connectivity index (χ3v) is 2.73. The van der Waals surface area contributed by atoms with Gasteiger partial charge in [-0.3, -0.25) is 4.79 Å². The van der Waals surface area contributed by atoms with Gasteiger partial charge in [-0.1, -0.05) is 0 Å². The Hall–Kier alpha value is -2.70. The minimum Gasteiger partial charge on any atom is -0.495 e. The summed E-state index contributed by atoms with van der Waals surface area (Å²) >= 11 is 0. The summed E-state index contributed by atoms with van der Waals surface area (Å²) in [6.07, 6.45) is 0. The van der Waals surface area contributed by atoms with Gasteiger partial charge in [0.15, 0.2) is 17.5 Å². The number of benzene rings is 2. The summed E-state index contributed by atoms with van der Waals surface area (Å²) in [6, 6.07) is 5.63. The predicted molar refractivity (Wildman–Crippen MR) is 71.7 cm³/mol. The van der Waals surface area contributed by atoms with E-state index in [1.54, 1.807) is 0 Å². The van der Waals surface area contributed by atoms with Crippen LogP contribution < -0.4 is 15.8 Å². The van der Waals surface area contributed by atoms with E-state index in [1.165, 1.54) is 25.3 Å². The minimum atomic E-state index is -1.60. The summed E-state index contributed by atoms with van der Waals surface area (Å²) in [7, 11) is 1.43. The van der Waals surface area contributed by atoms with Gasteiger partial charge in [0, 0.05) is 23.4 Å². The van der Waals surface area contributed by atoms with Gasteiger partial charge in [-0.25, -0.2) is 13.2 Å². The van der Waals surface area contributed by atoms with Gasteiger partial charge in [-0.2, -0.15) is 0 Å². The lowest BCUT2D eigenvalue weighted by Crippen LogP contribution is -2.13. The van der Waals surface area contributed by atoms with Crippen LogP contribution in [0, 0.1) is 17.5 Å². The first-order chi connectivity index (χ1) is 9.92. The van der Waals surface area contributed by atoms with E-state index in [9.17, 15) is 18.0 Å². The summed E-state index contributed by atoms with van der Waals surface area (Å²) < 4.78 is 43.9. The molecule has 0 radical (unpaired) electrons. The summed E-state index contributed by atoms with van der Waals surface area (Å²) in [5, 5.41) is 2.25. The maximum atomic E-state index is 13.1. The highest BCUT2D eigenvalue weighted by molar-refractivity contribution is 6.05. The molecule has 0 aliphatic carbocycles. The summed E-state index contributed by atoms with van der Waals surface area (Å²) in [5.74, 6) is -4.62. The third kappa shape index (κ3) is 3.07. The van der Waals surface area contributed by atoms with Crippen LogP contribution in [0.1, 0.15) is 10.4 Å². The zero-order valence-corrected chi connectivity index (χ0v) is 10.9. The zero-order valence-electron chi connectivity index (χ0n) is 10.9. The number of ether oxygens (including phenoxy) is 1. The van der Waals surface area contributed by atoms with Crippen molar-refractivity contribution in [2.24, 2.45) is 0 Å². The molecule has 0 heterocycles. The van der Waals surface area contributed by atoms with E-state index in [-0.39, 0.29) is 16.9 Å². The Labute approximate surface area is 118 Å². The van der Waals surface area contributed by atoms with E-state index in [1.807, 2.05) is 0 Å². The van der Waals surface area contributed by atoms with Gasteiger partial charge in [0.05, 0.1) is 12.8 Å². The Morgan fingerprint density at radius 1 is 1.14 bits per heavy atom. The number of carbonyl (C=O) groups excluding carboxylic acids is 1. The third-order valence-electron chi connectivity index (χ3n) is 2.73. The minimum absolute atomic E-state index is 0.165. The summed E-state index contributed by atoms with van der Waals surface area (Å²) in [6.45, 7) is 0. The maximum Gasteiger partial charge on any atom is 0.255 e. The van der Waals surface area contributed by atoms with Gasteiger partial charge in [-0.15, -0.1) is 0 Å². The van der Waals surface area contributed by atoms with Gasteiger partial charge in [0.1, 0.15) is 5.75 Å². The zero-order chi connectivity index (χ0) is 15.6. The number of carbonyl (C=O) groups is 1. The molecule has 0 spiro atoms. The van der Waals surface area contributed by atoms with E-state index < -0.39 is 23.4 Å². The SMILES string of the molecule is COc1ccc(C(=O)Nc2cc(F)c(F)c(F)c2)cc1N. The number of methoxy groups -OCH3 is 1. The van der Waals surface area contributed by atoms with Crippen molar-refractivity contribution >= 4 is 17.3 Å². The first kappa shape index (κ1) is 14.7. The Kier molecular flexibility index (Phi) is 4.02. The molecule has 0 unspecified atom stereocenters. The van der Waals surface area contributed by atoms with Crippen molar-refractivity contribution in [3.63, 3.8) is 0 Å². The molecule has 0 bridgehead atoms. The Morgan fingerprint density at radius 2 is 1.76 bits per heavy atom. The number of halogens is 3. The smallest absolute Gasteiger partial charge is 0.255 e. The number of rotatable bonds is 3. The van der Waals surface area contributed by atoms with Crippen molar-refractivity contribution in [2.75, 3.05) is 18.2 Å². The van der Waals surface area contributed by atoms with Crippen LogP contribution >= 0.6 is 0 Å². The maximum absolute atomic E-state index is 13.1. The van der Waals surface area contributed by atoms with E-state index in [4.69, 9.17) is 10.5 Å². The second-order valence-electron chi connectivity index (χ2n) is 4.16. The molecular formula is C14H11F3N2O2. The summed E-state index contributed by atoms with van der Waals surface area (Å²) in [4.78, 5) is 11.9. The monoisotopic (exact) mass is 296 g/mol. The van der Waals surface area contributed by atoms with Crippen LogP contribution in [-0.4, -0.2) is 13.0 Å². The number of nitrogens with two attached hydrogens (primary N) is 1. The predicted octanol–water partition coefficient (Wildman–Crippen LogP) is 2.95. The van der Waals surface area contributed by atoms with Crippen molar-refractivity contribution in [1.82, 2.24) is 0 Å². The molecule has 1 amide bonds. The Balaban J connectivity index is 2.24. The molecule has 110 valence electrons. The van der Waals surface area contributed by atoms with Crippen LogP contribution in [0.3, 0.4) is 0 Å². The van der Waals surface area contributed by atoms with Crippen molar-refractivity contribution in [2.45, 2.75) is 0 Å². The van der Waals surface area contributed by atoms with E-state index in [2.05, 4.69) is 5.32 Å². The van der Waals surface area contributed by atoms with Gasteiger partial charge >= 0.3 is 0 Å². The number of nitrogen functional groups attached to an aromatic ring is 1. The van der Waals surface area contributed by atoms with E-state index in [0.29, 0.717) is 17.9 Å². The fraction of sp³-hybridized carbons (Fsp3) is 0.0714. The lowest BCUT2D eigenvalue weighted by Gasteiger charge is -2.09. The average molecular weight is 296 g/mol. The van der Waals surface area contributed by atoms with Crippen molar-refractivity contribution in [3.8, 4) is 5.75 Å². The van der Waals surface area contributed by atoms with Crippen molar-refractivity contribution in [1.29, 1.82) is 0 Å². The standard InChI is InChI=1S/C14H11F3N2O2/c1-21-12-3-2-7(4-11(12)18)14(20)19-8-5-9(15)13(17)10(16)6-8/h2-6H,18H2,1H3,(H,19,20). The molecule has 0 saturated heterocycles. The molecular weight excluding hydrogens is 285 g/mol. The largest absolute Gasteiger partial charge is 0.495 e. The highest BCUT2D eigenvalue weighted by Gasteiger charge is 2.14. The van der Waals surface area contributed by atoms with Gasteiger partial charge in [0.25, 0.3) is 5.91 Å². The molecule has 0 aliphatic heterocycles. The van der Waals surface area contributed by atoms with Crippen LogP contribution in [0.5, 0.6) is 5.75 Å². The topological polar surface area (TPSA) is 64.3 Å². The van der Waals surface area contributed by atoms with Crippen molar-refractivity contribution < 1.29 is 22.7 Å². The lowest BCUT2D eigenvalue weighted by molar-refractivity contribution is 0.102. The molecule has 0 atom stereocenters. The molecule has 2 rings (SSSR count). The van der Waals surface area contributed by atoms with Crippen LogP contribution in [0.15, 0.2) is 30.3 Å². The van der Waals surface area contributed by atoms with Gasteiger partial charge in [-0.05, 0) is 18.2 Å². The average Bonchev–Trinajstić information content (AvgIpc) is 2.44. The highest BCUT2D eigenvalue weighted by atomic mass is 19.2. The van der Waals surface area contributed by atoms with Crippen LogP contribution in [0.4, 0.5) is 24.5 Å². The van der Waals surface area contributed by atoms with Crippen LogP contribution in [0.25, 0.3) is 0 Å². The fourth-order valence-corrected chi connectivity index (χ4v) is 1.71. The quantitative estimate of drug-likeness (QED) is 0.676. The second-order valence-corrected chi connectivity index (χ2v) is 4.16. The molecule has 21 heavy (non-hydrogen) atoms. The molecule has 0 saturated carbocycles. The molecule has 0 aromatic heterocycles. The molecule has 2 aromatic rings. The molecule has 7 heteroatoms. The number of amides is 1. The number of nitrogens with one attached hydrogen (secondary N) is 1. The van der Waals surface area contributed by atoms with Gasteiger partial charge in [0.2, 0.25) is 0 Å². The molecule has 2 aromatic carbocycles. The molecule has 0 fully saturated rings. The molecule has 3 N–H and O–H groups in total. The van der Waals surface area contributed by atoms with Crippen molar-refractivity contribution in [3.05, 3.63) is 53.3 Å². The Morgan fingerprint density at radius 3 is 2.29 bits per heavy atom. The normalized spacial score (nSPS) is 10.3. The second kappa shape index (κ2) is 5.74. The lowest BCUT2D eigenvalue weighted by atomic mass is 10.1. The van der Waals surface area contributed by atoms with E-state index in [0.717, 1.165) is 0 Å². The number of hydrogen-bond donors (Lipinski definition) is 2. The molecule has 0 aliphatic rings. The summed E-state index contributed by atoms with van der Waals surface area (Å²) in [5.41, 5.74) is 5.86. The highest BCUT2D eigenvalue weighted by Crippen LogP contribution is 2.23. The first-order valence-electron chi connectivity index (χ1n) is 5.81. The fourth-order valence-electron chi connectivity index (χ4n) is 1.71. The van der Waals surface area contributed by atoms with Crippen LogP contribution in [-0.2, 0) is 0 Å². The van der Waals surface area contributed by atoms with Gasteiger partial charge < -0.3 is 15.8 Å². The number of anilines is 2.